The van der Waals surface area contributed by atoms with E-state index in [1.54, 1.807) is 6.07 Å². The van der Waals surface area contributed by atoms with E-state index in [-0.39, 0.29) is 12.3 Å². The van der Waals surface area contributed by atoms with Crippen molar-refractivity contribution in [2.24, 2.45) is 0 Å². The van der Waals surface area contributed by atoms with Gasteiger partial charge in [0, 0.05) is 17.0 Å². The molecule has 0 heterocycles. The van der Waals surface area contributed by atoms with E-state index >= 15 is 0 Å². The molecule has 0 atom stereocenters. The molecule has 0 saturated carbocycles. The number of hydrogen-bond acceptors (Lipinski definition) is 4. The van der Waals surface area contributed by atoms with Crippen molar-refractivity contribution < 1.29 is 10.0 Å². The van der Waals surface area contributed by atoms with Gasteiger partial charge in [0.2, 0.25) is 0 Å². The van der Waals surface area contributed by atoms with Crippen LogP contribution in [0.3, 0.4) is 0 Å². The van der Waals surface area contributed by atoms with Gasteiger partial charge in [-0.1, -0.05) is 0 Å². The second kappa shape index (κ2) is 4.25. The number of benzene rings is 1. The minimum atomic E-state index is -0.459. The molecule has 0 spiro atoms. The molecule has 0 unspecified atom stereocenters. The first kappa shape index (κ1) is 10.0. The Labute approximate surface area is 79.7 Å². The van der Waals surface area contributed by atoms with E-state index in [0.29, 0.717) is 5.56 Å². The molecule has 0 aliphatic rings. The van der Waals surface area contributed by atoms with E-state index in [1.165, 1.54) is 23.9 Å². The molecule has 1 aromatic rings. The molecule has 0 saturated heterocycles. The Balaban J connectivity index is 3.14. The number of aliphatic hydroxyl groups is 1. The van der Waals surface area contributed by atoms with Crippen molar-refractivity contribution in [3.8, 4) is 0 Å². The summed E-state index contributed by atoms with van der Waals surface area (Å²) in [6, 6.07) is 4.60. The lowest BCUT2D eigenvalue weighted by Crippen LogP contribution is -1.91. The van der Waals surface area contributed by atoms with E-state index in [9.17, 15) is 10.1 Å². The molecule has 0 aliphatic heterocycles. The maximum atomic E-state index is 10.5. The van der Waals surface area contributed by atoms with Crippen molar-refractivity contribution in [1.29, 1.82) is 0 Å². The Bertz CT molecular complexity index is 305. The first-order chi connectivity index (χ1) is 6.17. The maximum Gasteiger partial charge on any atom is 0.270 e. The summed E-state index contributed by atoms with van der Waals surface area (Å²) >= 11 is 1.41. The second-order valence-electron chi connectivity index (χ2n) is 2.45. The van der Waals surface area contributed by atoms with Crippen LogP contribution in [0.1, 0.15) is 5.56 Å². The van der Waals surface area contributed by atoms with Crippen LogP contribution in [-0.2, 0) is 6.61 Å². The second-order valence-corrected chi connectivity index (χ2v) is 3.33. The Hall–Kier alpha value is -1.07. The quantitative estimate of drug-likeness (QED) is 0.458. The Morgan fingerprint density at radius 1 is 1.54 bits per heavy atom. The monoisotopic (exact) mass is 199 g/mol. The topological polar surface area (TPSA) is 63.4 Å². The summed E-state index contributed by atoms with van der Waals surface area (Å²) in [4.78, 5) is 10.8. The fourth-order valence-corrected chi connectivity index (χ4v) is 1.47. The molecule has 0 aliphatic carbocycles. The third-order valence-electron chi connectivity index (χ3n) is 1.58. The Morgan fingerprint density at radius 3 is 2.69 bits per heavy atom. The molecule has 0 bridgehead atoms. The molecule has 70 valence electrons. The summed E-state index contributed by atoms with van der Waals surface area (Å²) in [5.74, 6) is 0. The number of nitro benzene ring substituents is 1. The summed E-state index contributed by atoms with van der Waals surface area (Å²) in [6.45, 7) is -0.171. The zero-order chi connectivity index (χ0) is 9.84. The van der Waals surface area contributed by atoms with E-state index < -0.39 is 4.92 Å². The van der Waals surface area contributed by atoms with Crippen molar-refractivity contribution in [3.05, 3.63) is 33.9 Å². The molecule has 1 aromatic carbocycles. The van der Waals surface area contributed by atoms with Crippen molar-refractivity contribution in [1.82, 2.24) is 0 Å². The molecule has 1 rings (SSSR count). The molecule has 5 heteroatoms. The van der Waals surface area contributed by atoms with Gasteiger partial charge in [0.15, 0.2) is 0 Å². The van der Waals surface area contributed by atoms with Crippen LogP contribution in [-0.4, -0.2) is 16.3 Å². The SMILES string of the molecule is CSc1cc(CO)cc([N+](=O)[O-])c1. The molecule has 0 radical (unpaired) electrons. The fourth-order valence-electron chi connectivity index (χ4n) is 0.958. The summed E-state index contributed by atoms with van der Waals surface area (Å²) in [6.07, 6.45) is 1.83. The fraction of sp³-hybridized carbons (Fsp3) is 0.250. The minimum absolute atomic E-state index is 0.0240. The zero-order valence-corrected chi connectivity index (χ0v) is 7.87. The summed E-state index contributed by atoms with van der Waals surface area (Å²) < 4.78 is 0. The number of nitro groups is 1. The molecule has 1 N–H and O–H groups in total. The van der Waals surface area contributed by atoms with Gasteiger partial charge in [0.25, 0.3) is 5.69 Å². The first-order valence-corrected chi connectivity index (χ1v) is 4.83. The van der Waals surface area contributed by atoms with Gasteiger partial charge in [0.05, 0.1) is 11.5 Å². The van der Waals surface area contributed by atoms with Gasteiger partial charge in [-0.05, 0) is 17.9 Å². The molecular formula is C8H9NO3S. The van der Waals surface area contributed by atoms with Crippen molar-refractivity contribution in [2.75, 3.05) is 6.26 Å². The highest BCUT2D eigenvalue weighted by Crippen LogP contribution is 2.23. The Morgan fingerprint density at radius 2 is 2.23 bits per heavy atom. The van der Waals surface area contributed by atoms with Crippen LogP contribution in [0.2, 0.25) is 0 Å². The lowest BCUT2D eigenvalue weighted by molar-refractivity contribution is -0.385. The van der Waals surface area contributed by atoms with Crippen LogP contribution in [0.25, 0.3) is 0 Å². The van der Waals surface area contributed by atoms with Gasteiger partial charge >= 0.3 is 0 Å². The van der Waals surface area contributed by atoms with E-state index in [0.717, 1.165) is 4.90 Å². The number of nitrogens with zero attached hydrogens (tertiary/aromatic N) is 1. The maximum absolute atomic E-state index is 10.5. The smallest absolute Gasteiger partial charge is 0.270 e. The normalized spacial score (nSPS) is 10.0. The molecule has 0 aromatic heterocycles. The number of hydrogen-bond donors (Lipinski definition) is 1. The zero-order valence-electron chi connectivity index (χ0n) is 7.06. The highest BCUT2D eigenvalue weighted by atomic mass is 32.2. The summed E-state index contributed by atoms with van der Waals surface area (Å²) in [5.41, 5.74) is 0.592. The number of rotatable bonds is 3. The van der Waals surface area contributed by atoms with Gasteiger partial charge in [-0.15, -0.1) is 11.8 Å². The van der Waals surface area contributed by atoms with Gasteiger partial charge in [-0.3, -0.25) is 10.1 Å². The predicted molar refractivity (Wildman–Crippen MR) is 50.8 cm³/mol. The number of aliphatic hydroxyl groups excluding tert-OH is 1. The van der Waals surface area contributed by atoms with Crippen LogP contribution in [0.5, 0.6) is 0 Å². The minimum Gasteiger partial charge on any atom is -0.392 e. The average molecular weight is 199 g/mol. The lowest BCUT2D eigenvalue weighted by Gasteiger charge is -2.00. The third-order valence-corrected chi connectivity index (χ3v) is 2.29. The van der Waals surface area contributed by atoms with Crippen LogP contribution < -0.4 is 0 Å². The highest BCUT2D eigenvalue weighted by molar-refractivity contribution is 7.98. The lowest BCUT2D eigenvalue weighted by atomic mass is 10.2. The first-order valence-electron chi connectivity index (χ1n) is 3.60. The van der Waals surface area contributed by atoms with Crippen LogP contribution in [0.15, 0.2) is 23.1 Å². The molecule has 0 fully saturated rings. The van der Waals surface area contributed by atoms with Crippen LogP contribution in [0, 0.1) is 10.1 Å². The van der Waals surface area contributed by atoms with Gasteiger partial charge < -0.3 is 5.11 Å². The van der Waals surface area contributed by atoms with E-state index in [1.807, 2.05) is 6.26 Å². The van der Waals surface area contributed by atoms with Crippen molar-refractivity contribution >= 4 is 17.4 Å². The van der Waals surface area contributed by atoms with Gasteiger partial charge in [-0.2, -0.15) is 0 Å². The van der Waals surface area contributed by atoms with Crippen LogP contribution >= 0.6 is 11.8 Å². The van der Waals surface area contributed by atoms with Crippen molar-refractivity contribution in [3.63, 3.8) is 0 Å². The highest BCUT2D eigenvalue weighted by Gasteiger charge is 2.08. The number of thioether (sulfide) groups is 1. The third kappa shape index (κ3) is 2.43. The van der Waals surface area contributed by atoms with Gasteiger partial charge in [0.1, 0.15) is 0 Å². The van der Waals surface area contributed by atoms with E-state index in [2.05, 4.69) is 0 Å². The van der Waals surface area contributed by atoms with Crippen LogP contribution in [0.4, 0.5) is 5.69 Å². The molecule has 0 amide bonds. The summed E-state index contributed by atoms with van der Waals surface area (Å²) in [5, 5.41) is 19.3. The molecule has 13 heavy (non-hydrogen) atoms. The van der Waals surface area contributed by atoms with Gasteiger partial charge in [-0.25, -0.2) is 0 Å². The number of non-ortho nitro benzene ring substituents is 1. The Kier molecular flexibility index (Phi) is 3.27. The largest absolute Gasteiger partial charge is 0.392 e. The molecule has 4 nitrogen and oxygen atoms in total. The van der Waals surface area contributed by atoms with E-state index in [4.69, 9.17) is 5.11 Å². The standard InChI is InChI=1S/C8H9NO3S/c1-13-8-3-6(5-10)2-7(4-8)9(11)12/h2-4,10H,5H2,1H3. The molecular weight excluding hydrogens is 190 g/mol. The average Bonchev–Trinajstić information content (AvgIpc) is 2.16. The summed E-state index contributed by atoms with van der Waals surface area (Å²) in [7, 11) is 0. The van der Waals surface area contributed by atoms with Crippen molar-refractivity contribution in [2.45, 2.75) is 11.5 Å². The predicted octanol–water partition coefficient (Wildman–Crippen LogP) is 1.81.